The van der Waals surface area contributed by atoms with Crippen LogP contribution in [0.4, 0.5) is 5.69 Å². The number of likely N-dealkylation sites (tertiary alicyclic amines) is 1. The number of amides is 1. The molecule has 2 fully saturated rings. The van der Waals surface area contributed by atoms with Crippen molar-refractivity contribution in [3.8, 4) is 0 Å². The number of carbonyl (C=O) groups excluding carboxylic acids is 1. The lowest BCUT2D eigenvalue weighted by molar-refractivity contribution is 0.0938. The molecule has 4 nitrogen and oxygen atoms in total. The molecule has 2 aliphatic rings. The summed E-state index contributed by atoms with van der Waals surface area (Å²) < 4.78 is 0. The van der Waals surface area contributed by atoms with Gasteiger partial charge in [-0.15, -0.1) is 0 Å². The third kappa shape index (κ3) is 2.73. The van der Waals surface area contributed by atoms with Crippen molar-refractivity contribution in [2.24, 2.45) is 0 Å². The fraction of sp³-hybridized carbons (Fsp3) is 0.533. The Kier molecular flexibility index (Phi) is 3.19. The van der Waals surface area contributed by atoms with Gasteiger partial charge in [-0.25, -0.2) is 0 Å². The number of hydrogen-bond donors (Lipinski definition) is 2. The second-order valence-corrected chi connectivity index (χ2v) is 5.78. The fourth-order valence-electron chi connectivity index (χ4n) is 2.83. The minimum atomic E-state index is -0.0415. The number of nitrogens with one attached hydrogen (secondary N) is 1. The standard InChI is InChI=1S/C15H21N3O/c1-10-2-5-13(14(16)8-10)15(19)17-11-6-7-18(9-11)12-3-4-12/h2,5,8,11-12H,3-4,6-7,9,16H2,1H3,(H,17,19). The van der Waals surface area contributed by atoms with Gasteiger partial charge in [-0.2, -0.15) is 0 Å². The molecule has 19 heavy (non-hydrogen) atoms. The molecule has 0 bridgehead atoms. The van der Waals surface area contributed by atoms with Crippen LogP contribution in [-0.2, 0) is 0 Å². The van der Waals surface area contributed by atoms with Crippen molar-refractivity contribution in [1.29, 1.82) is 0 Å². The molecule has 1 aromatic carbocycles. The zero-order chi connectivity index (χ0) is 13.4. The van der Waals surface area contributed by atoms with E-state index in [2.05, 4.69) is 10.2 Å². The summed E-state index contributed by atoms with van der Waals surface area (Å²) in [4.78, 5) is 14.7. The maximum atomic E-state index is 12.2. The van der Waals surface area contributed by atoms with Crippen molar-refractivity contribution < 1.29 is 4.79 Å². The smallest absolute Gasteiger partial charge is 0.253 e. The highest BCUT2D eigenvalue weighted by Crippen LogP contribution is 2.29. The molecule has 1 amide bonds. The van der Waals surface area contributed by atoms with E-state index in [9.17, 15) is 4.79 Å². The molecule has 1 saturated carbocycles. The van der Waals surface area contributed by atoms with Crippen molar-refractivity contribution >= 4 is 11.6 Å². The zero-order valence-electron chi connectivity index (χ0n) is 11.4. The highest BCUT2D eigenvalue weighted by Gasteiger charge is 2.34. The minimum absolute atomic E-state index is 0.0415. The largest absolute Gasteiger partial charge is 0.398 e. The number of nitrogens with zero attached hydrogens (tertiary/aromatic N) is 1. The van der Waals surface area contributed by atoms with Crippen molar-refractivity contribution in [2.75, 3.05) is 18.8 Å². The highest BCUT2D eigenvalue weighted by molar-refractivity contribution is 5.99. The predicted octanol–water partition coefficient (Wildman–Crippen LogP) is 1.54. The van der Waals surface area contributed by atoms with Crippen LogP contribution < -0.4 is 11.1 Å². The average Bonchev–Trinajstić information content (AvgIpc) is 3.10. The number of hydrogen-bond acceptors (Lipinski definition) is 3. The number of anilines is 1. The second-order valence-electron chi connectivity index (χ2n) is 5.78. The van der Waals surface area contributed by atoms with E-state index in [-0.39, 0.29) is 11.9 Å². The van der Waals surface area contributed by atoms with Crippen LogP contribution in [0.2, 0.25) is 0 Å². The average molecular weight is 259 g/mol. The number of rotatable bonds is 3. The Balaban J connectivity index is 1.61. The second kappa shape index (κ2) is 4.85. The number of nitrogens with two attached hydrogens (primary N) is 1. The first kappa shape index (κ1) is 12.5. The van der Waals surface area contributed by atoms with Crippen LogP contribution in [0.3, 0.4) is 0 Å². The Morgan fingerprint density at radius 3 is 2.84 bits per heavy atom. The van der Waals surface area contributed by atoms with Gasteiger partial charge in [-0.3, -0.25) is 9.69 Å². The molecule has 1 heterocycles. The summed E-state index contributed by atoms with van der Waals surface area (Å²) in [7, 11) is 0. The summed E-state index contributed by atoms with van der Waals surface area (Å²) in [5.41, 5.74) is 8.15. The van der Waals surface area contributed by atoms with E-state index in [1.54, 1.807) is 0 Å². The summed E-state index contributed by atoms with van der Waals surface area (Å²) in [6.07, 6.45) is 3.70. The van der Waals surface area contributed by atoms with Gasteiger partial charge in [0.05, 0.1) is 5.56 Å². The molecule has 0 radical (unpaired) electrons. The first-order chi connectivity index (χ1) is 9.13. The molecule has 1 atom stereocenters. The van der Waals surface area contributed by atoms with E-state index >= 15 is 0 Å². The van der Waals surface area contributed by atoms with Crippen LogP contribution >= 0.6 is 0 Å². The van der Waals surface area contributed by atoms with Gasteiger partial charge >= 0.3 is 0 Å². The number of benzene rings is 1. The van der Waals surface area contributed by atoms with E-state index < -0.39 is 0 Å². The molecule has 0 aromatic heterocycles. The summed E-state index contributed by atoms with van der Waals surface area (Å²) >= 11 is 0. The molecule has 1 aliphatic carbocycles. The van der Waals surface area contributed by atoms with E-state index in [0.717, 1.165) is 31.1 Å². The molecule has 102 valence electrons. The molecule has 0 spiro atoms. The predicted molar refractivity (Wildman–Crippen MR) is 76.1 cm³/mol. The van der Waals surface area contributed by atoms with E-state index in [0.29, 0.717) is 11.3 Å². The van der Waals surface area contributed by atoms with Gasteiger partial charge in [-0.05, 0) is 43.9 Å². The summed E-state index contributed by atoms with van der Waals surface area (Å²) in [5.74, 6) is -0.0415. The Morgan fingerprint density at radius 1 is 1.37 bits per heavy atom. The van der Waals surface area contributed by atoms with Crippen LogP contribution in [0, 0.1) is 6.92 Å². The molecule has 1 saturated heterocycles. The topological polar surface area (TPSA) is 58.4 Å². The Hall–Kier alpha value is -1.55. The van der Waals surface area contributed by atoms with Crippen LogP contribution in [0.1, 0.15) is 35.2 Å². The maximum Gasteiger partial charge on any atom is 0.253 e. The van der Waals surface area contributed by atoms with Gasteiger partial charge in [-0.1, -0.05) is 6.07 Å². The van der Waals surface area contributed by atoms with Crippen molar-refractivity contribution in [3.63, 3.8) is 0 Å². The fourth-order valence-corrected chi connectivity index (χ4v) is 2.83. The van der Waals surface area contributed by atoms with Crippen molar-refractivity contribution in [1.82, 2.24) is 10.2 Å². The van der Waals surface area contributed by atoms with Gasteiger partial charge < -0.3 is 11.1 Å². The van der Waals surface area contributed by atoms with Gasteiger partial charge in [0.25, 0.3) is 5.91 Å². The minimum Gasteiger partial charge on any atom is -0.398 e. The van der Waals surface area contributed by atoms with Crippen LogP contribution in [0.15, 0.2) is 18.2 Å². The molecular formula is C15H21N3O. The SMILES string of the molecule is Cc1ccc(C(=O)NC2CCN(C3CC3)C2)c(N)c1. The Bertz CT molecular complexity index is 496. The zero-order valence-corrected chi connectivity index (χ0v) is 11.4. The normalized spacial score (nSPS) is 23.5. The molecule has 1 unspecified atom stereocenters. The first-order valence-corrected chi connectivity index (χ1v) is 7.04. The Labute approximate surface area is 114 Å². The van der Waals surface area contributed by atoms with Crippen molar-refractivity contribution in [2.45, 2.75) is 38.3 Å². The monoisotopic (exact) mass is 259 g/mol. The van der Waals surface area contributed by atoms with E-state index in [1.807, 2.05) is 25.1 Å². The first-order valence-electron chi connectivity index (χ1n) is 7.04. The molecule has 1 aliphatic heterocycles. The lowest BCUT2D eigenvalue weighted by atomic mass is 10.1. The van der Waals surface area contributed by atoms with Crippen LogP contribution in [0.5, 0.6) is 0 Å². The summed E-state index contributed by atoms with van der Waals surface area (Å²) in [6, 6.07) is 6.64. The molecular weight excluding hydrogens is 238 g/mol. The molecule has 3 rings (SSSR count). The number of nitrogen functional groups attached to an aromatic ring is 1. The molecule has 1 aromatic rings. The third-order valence-corrected chi connectivity index (χ3v) is 4.07. The quantitative estimate of drug-likeness (QED) is 0.810. The maximum absolute atomic E-state index is 12.2. The summed E-state index contributed by atoms with van der Waals surface area (Å²) in [5, 5.41) is 3.11. The van der Waals surface area contributed by atoms with Gasteiger partial charge in [0.1, 0.15) is 0 Å². The van der Waals surface area contributed by atoms with Gasteiger partial charge in [0.15, 0.2) is 0 Å². The lowest BCUT2D eigenvalue weighted by Gasteiger charge is -2.16. The van der Waals surface area contributed by atoms with Crippen LogP contribution in [0.25, 0.3) is 0 Å². The molecule has 3 N–H and O–H groups in total. The van der Waals surface area contributed by atoms with Gasteiger partial charge in [0.2, 0.25) is 0 Å². The molecule has 4 heteroatoms. The third-order valence-electron chi connectivity index (χ3n) is 4.07. The Morgan fingerprint density at radius 2 is 2.16 bits per heavy atom. The number of carbonyl (C=O) groups is 1. The van der Waals surface area contributed by atoms with E-state index in [1.165, 1.54) is 12.8 Å². The highest BCUT2D eigenvalue weighted by atomic mass is 16.1. The van der Waals surface area contributed by atoms with Gasteiger partial charge in [0, 0.05) is 30.9 Å². The van der Waals surface area contributed by atoms with Crippen LogP contribution in [-0.4, -0.2) is 36.0 Å². The van der Waals surface area contributed by atoms with Crippen molar-refractivity contribution in [3.05, 3.63) is 29.3 Å². The summed E-state index contributed by atoms with van der Waals surface area (Å²) in [6.45, 7) is 4.07. The lowest BCUT2D eigenvalue weighted by Crippen LogP contribution is -2.37. The number of aryl methyl sites for hydroxylation is 1. The van der Waals surface area contributed by atoms with E-state index in [4.69, 9.17) is 5.73 Å².